The van der Waals surface area contributed by atoms with E-state index in [-0.39, 0.29) is 11.1 Å². The largest absolute Gasteiger partial charge is 0.294 e. The Balaban J connectivity index is 2.73. The lowest BCUT2D eigenvalue weighted by Crippen LogP contribution is -2.08. The van der Waals surface area contributed by atoms with Crippen molar-refractivity contribution in [2.75, 3.05) is 0 Å². The molecule has 0 atom stereocenters. The molecule has 0 radical (unpaired) electrons. The van der Waals surface area contributed by atoms with E-state index in [1.54, 1.807) is 0 Å². The SMILES string of the molecule is Cc1ccc(S(=O)(=O)c2ccc(C)c(S(=O)(=O)O)c2)cc1S(=O)(=O)O. The molecule has 0 unspecified atom stereocenters. The molecule has 11 heteroatoms. The zero-order chi connectivity index (χ0) is 19.2. The molecule has 2 rings (SSSR count). The van der Waals surface area contributed by atoms with Gasteiger partial charge in [-0.2, -0.15) is 16.8 Å². The van der Waals surface area contributed by atoms with Gasteiger partial charge in [-0.05, 0) is 49.2 Å². The number of aryl methyl sites for hydroxylation is 2. The molecular formula is C14H14O8S3. The van der Waals surface area contributed by atoms with Crippen LogP contribution in [0.5, 0.6) is 0 Å². The minimum absolute atomic E-state index is 0.143. The van der Waals surface area contributed by atoms with Crippen LogP contribution in [0.4, 0.5) is 0 Å². The van der Waals surface area contributed by atoms with Crippen LogP contribution in [0, 0.1) is 13.8 Å². The van der Waals surface area contributed by atoms with E-state index in [2.05, 4.69) is 0 Å². The van der Waals surface area contributed by atoms with Gasteiger partial charge < -0.3 is 0 Å². The van der Waals surface area contributed by atoms with E-state index in [1.807, 2.05) is 0 Å². The standard InChI is InChI=1S/C14H14O8S3/c1-9-3-5-11(7-13(9)24(17,18)19)23(15,16)12-6-4-10(2)14(8-12)25(20,21)22/h3-8H,1-2H3,(H,17,18,19)(H,20,21,22). The monoisotopic (exact) mass is 406 g/mol. The zero-order valence-corrected chi connectivity index (χ0v) is 15.5. The smallest absolute Gasteiger partial charge is 0.282 e. The normalized spacial score (nSPS) is 13.0. The van der Waals surface area contributed by atoms with Crippen molar-refractivity contribution in [1.29, 1.82) is 0 Å². The van der Waals surface area contributed by atoms with E-state index in [9.17, 15) is 34.4 Å². The summed E-state index contributed by atoms with van der Waals surface area (Å²) in [6, 6.07) is 6.24. The third-order valence-electron chi connectivity index (χ3n) is 3.50. The first-order chi connectivity index (χ1) is 11.2. The van der Waals surface area contributed by atoms with Gasteiger partial charge in [0, 0.05) is 0 Å². The molecule has 8 nitrogen and oxygen atoms in total. The summed E-state index contributed by atoms with van der Waals surface area (Å²) in [5, 5.41) is 0. The van der Waals surface area contributed by atoms with Crippen molar-refractivity contribution in [3.8, 4) is 0 Å². The summed E-state index contributed by atoms with van der Waals surface area (Å²) in [5.41, 5.74) is 0.285. The third-order valence-corrected chi connectivity index (χ3v) is 7.24. The Bertz CT molecular complexity index is 1070. The second-order valence-corrected chi connectivity index (χ2v) is 10.0. The van der Waals surface area contributed by atoms with Crippen LogP contribution >= 0.6 is 0 Å². The van der Waals surface area contributed by atoms with Crippen LogP contribution in [0.15, 0.2) is 56.0 Å². The Kier molecular flexibility index (Phi) is 4.83. The highest BCUT2D eigenvalue weighted by Gasteiger charge is 2.24. The van der Waals surface area contributed by atoms with E-state index < -0.39 is 49.7 Å². The summed E-state index contributed by atoms with van der Waals surface area (Å²) in [6.07, 6.45) is 0. The van der Waals surface area contributed by atoms with Crippen LogP contribution in [0.2, 0.25) is 0 Å². The maximum atomic E-state index is 12.7. The van der Waals surface area contributed by atoms with Gasteiger partial charge in [0.15, 0.2) is 0 Å². The van der Waals surface area contributed by atoms with E-state index in [4.69, 9.17) is 0 Å². The second kappa shape index (κ2) is 6.18. The molecule has 0 aromatic heterocycles. The number of benzene rings is 2. The summed E-state index contributed by atoms with van der Waals surface area (Å²) >= 11 is 0. The molecule has 2 aromatic rings. The molecule has 0 fully saturated rings. The molecule has 0 spiro atoms. The van der Waals surface area contributed by atoms with Crippen molar-refractivity contribution in [2.45, 2.75) is 33.4 Å². The molecule has 0 aliphatic rings. The van der Waals surface area contributed by atoms with E-state index >= 15 is 0 Å². The first-order valence-corrected chi connectivity index (χ1v) is 11.0. The van der Waals surface area contributed by atoms with Crippen molar-refractivity contribution in [2.24, 2.45) is 0 Å². The lowest BCUT2D eigenvalue weighted by molar-refractivity contribution is 0.480. The van der Waals surface area contributed by atoms with Crippen LogP contribution in [0.3, 0.4) is 0 Å². The van der Waals surface area contributed by atoms with E-state index in [0.717, 1.165) is 24.3 Å². The van der Waals surface area contributed by atoms with Crippen LogP contribution in [0.1, 0.15) is 11.1 Å². The topological polar surface area (TPSA) is 143 Å². The summed E-state index contributed by atoms with van der Waals surface area (Å²) in [5.74, 6) is 0. The molecule has 0 amide bonds. The maximum absolute atomic E-state index is 12.7. The fourth-order valence-electron chi connectivity index (χ4n) is 2.19. The predicted octanol–water partition coefficient (Wildman–Crippen LogP) is 1.63. The molecule has 2 N–H and O–H groups in total. The molecule has 136 valence electrons. The lowest BCUT2D eigenvalue weighted by Gasteiger charge is -2.10. The molecule has 0 aliphatic heterocycles. The lowest BCUT2D eigenvalue weighted by atomic mass is 10.2. The van der Waals surface area contributed by atoms with Crippen molar-refractivity contribution in [3.05, 3.63) is 47.5 Å². The highest BCUT2D eigenvalue weighted by molar-refractivity contribution is 7.91. The quantitative estimate of drug-likeness (QED) is 0.729. The molecule has 0 heterocycles. The van der Waals surface area contributed by atoms with Gasteiger partial charge in [0.2, 0.25) is 9.84 Å². The van der Waals surface area contributed by atoms with Crippen molar-refractivity contribution in [3.63, 3.8) is 0 Å². The van der Waals surface area contributed by atoms with Crippen molar-refractivity contribution >= 4 is 30.1 Å². The van der Waals surface area contributed by atoms with Crippen LogP contribution in [0.25, 0.3) is 0 Å². The van der Waals surface area contributed by atoms with Crippen LogP contribution in [-0.4, -0.2) is 34.4 Å². The second-order valence-electron chi connectivity index (χ2n) is 5.31. The first-order valence-electron chi connectivity index (χ1n) is 6.66. The minimum atomic E-state index is -4.64. The number of sulfone groups is 1. The van der Waals surface area contributed by atoms with Crippen LogP contribution < -0.4 is 0 Å². The molecule has 25 heavy (non-hydrogen) atoms. The highest BCUT2D eigenvalue weighted by atomic mass is 32.2. The molecule has 0 saturated carbocycles. The zero-order valence-electron chi connectivity index (χ0n) is 13.0. The Hall–Kier alpha value is -1.79. The van der Waals surface area contributed by atoms with Gasteiger partial charge in [0.05, 0.1) is 19.6 Å². The average molecular weight is 406 g/mol. The first kappa shape index (κ1) is 19.5. The summed E-state index contributed by atoms with van der Waals surface area (Å²) < 4.78 is 89.1. The number of rotatable bonds is 4. The molecule has 2 aromatic carbocycles. The van der Waals surface area contributed by atoms with Gasteiger partial charge >= 0.3 is 0 Å². The molecule has 0 bridgehead atoms. The van der Waals surface area contributed by atoms with Gasteiger partial charge in [-0.25, -0.2) is 8.42 Å². The van der Waals surface area contributed by atoms with Crippen LogP contribution in [-0.2, 0) is 30.1 Å². The predicted molar refractivity (Wildman–Crippen MR) is 87.4 cm³/mol. The Morgan fingerprint density at radius 3 is 1.24 bits per heavy atom. The average Bonchev–Trinajstić information content (AvgIpc) is 2.45. The number of hydrogen-bond acceptors (Lipinski definition) is 6. The van der Waals surface area contributed by atoms with Gasteiger partial charge in [-0.15, -0.1) is 0 Å². The van der Waals surface area contributed by atoms with Gasteiger partial charge in [-0.1, -0.05) is 12.1 Å². The summed E-state index contributed by atoms with van der Waals surface area (Å²) in [6.45, 7) is 2.75. The Labute approximate surface area is 145 Å². The highest BCUT2D eigenvalue weighted by Crippen LogP contribution is 2.28. The Morgan fingerprint density at radius 1 is 0.640 bits per heavy atom. The molecular weight excluding hydrogens is 392 g/mol. The van der Waals surface area contributed by atoms with Crippen molar-refractivity contribution < 1.29 is 34.4 Å². The summed E-state index contributed by atoms with van der Waals surface area (Å²) in [7, 11) is -13.6. The third kappa shape index (κ3) is 3.90. The fourth-order valence-corrected chi connectivity index (χ4v) is 5.15. The summed E-state index contributed by atoms with van der Waals surface area (Å²) in [4.78, 5) is -2.04. The fraction of sp³-hybridized carbons (Fsp3) is 0.143. The molecule has 0 aliphatic carbocycles. The molecule has 0 saturated heterocycles. The van der Waals surface area contributed by atoms with E-state index in [0.29, 0.717) is 0 Å². The number of hydrogen-bond donors (Lipinski definition) is 2. The van der Waals surface area contributed by atoms with Gasteiger partial charge in [0.1, 0.15) is 0 Å². The minimum Gasteiger partial charge on any atom is -0.282 e. The maximum Gasteiger partial charge on any atom is 0.294 e. The van der Waals surface area contributed by atoms with E-state index in [1.165, 1.54) is 26.0 Å². The van der Waals surface area contributed by atoms with Gasteiger partial charge in [0.25, 0.3) is 20.2 Å². The van der Waals surface area contributed by atoms with Crippen molar-refractivity contribution in [1.82, 2.24) is 0 Å². The van der Waals surface area contributed by atoms with Gasteiger partial charge in [-0.3, -0.25) is 9.11 Å². The Morgan fingerprint density at radius 2 is 0.960 bits per heavy atom.